The van der Waals surface area contributed by atoms with Crippen molar-refractivity contribution in [1.29, 1.82) is 0 Å². The first-order chi connectivity index (χ1) is 8.29. The molecule has 0 amide bonds. The molecule has 2 N–H and O–H groups in total. The fraction of sp³-hybridized carbons (Fsp3) is 0.357. The van der Waals surface area contributed by atoms with Gasteiger partial charge in [0.15, 0.2) is 0 Å². The zero-order valence-corrected chi connectivity index (χ0v) is 9.99. The molecule has 0 spiro atoms. The molecule has 2 aromatic rings. The zero-order chi connectivity index (χ0) is 11.8. The number of anilines is 1. The number of hydrogen-bond donors (Lipinski definition) is 1. The van der Waals surface area contributed by atoms with E-state index in [0.717, 1.165) is 23.2 Å². The summed E-state index contributed by atoms with van der Waals surface area (Å²) in [5, 5.41) is 4.08. The maximum Gasteiger partial charge on any atom is 0.225 e. The molecule has 17 heavy (non-hydrogen) atoms. The van der Waals surface area contributed by atoms with E-state index in [-0.39, 0.29) is 0 Å². The molecule has 88 valence electrons. The van der Waals surface area contributed by atoms with Gasteiger partial charge in [0.2, 0.25) is 5.88 Å². The van der Waals surface area contributed by atoms with Gasteiger partial charge in [-0.15, -0.1) is 0 Å². The summed E-state index contributed by atoms with van der Waals surface area (Å²) in [5.74, 6) is 0.447. The van der Waals surface area contributed by atoms with Gasteiger partial charge in [0.1, 0.15) is 5.69 Å². The molecular weight excluding hydrogens is 212 g/mol. The van der Waals surface area contributed by atoms with Crippen LogP contribution in [0.4, 0.5) is 5.88 Å². The molecule has 1 aromatic heterocycles. The third kappa shape index (κ3) is 1.62. The Hall–Kier alpha value is -1.77. The van der Waals surface area contributed by atoms with Crippen molar-refractivity contribution in [3.8, 4) is 11.3 Å². The highest BCUT2D eigenvalue weighted by atomic mass is 16.5. The van der Waals surface area contributed by atoms with Crippen LogP contribution in [0.5, 0.6) is 0 Å². The molecule has 3 nitrogen and oxygen atoms in total. The minimum Gasteiger partial charge on any atom is -0.367 e. The molecule has 1 aromatic carbocycles. The SMILES string of the molecule is CCc1c(-c2ccc3c(c2)CCC3)noc1N. The van der Waals surface area contributed by atoms with E-state index in [9.17, 15) is 0 Å². The van der Waals surface area contributed by atoms with Crippen LogP contribution in [0.1, 0.15) is 30.0 Å². The van der Waals surface area contributed by atoms with E-state index in [4.69, 9.17) is 10.3 Å². The quantitative estimate of drug-likeness (QED) is 0.859. The predicted molar refractivity (Wildman–Crippen MR) is 67.8 cm³/mol. The number of benzene rings is 1. The summed E-state index contributed by atoms with van der Waals surface area (Å²) < 4.78 is 5.09. The zero-order valence-electron chi connectivity index (χ0n) is 9.99. The normalized spacial score (nSPS) is 13.9. The Morgan fingerprint density at radius 1 is 1.29 bits per heavy atom. The Balaban J connectivity index is 2.09. The number of hydrogen-bond acceptors (Lipinski definition) is 3. The van der Waals surface area contributed by atoms with E-state index in [2.05, 4.69) is 30.3 Å². The van der Waals surface area contributed by atoms with E-state index in [1.54, 1.807) is 0 Å². The number of aryl methyl sites for hydroxylation is 2. The van der Waals surface area contributed by atoms with E-state index in [0.29, 0.717) is 5.88 Å². The molecule has 0 saturated heterocycles. The second-order valence-corrected chi connectivity index (χ2v) is 4.56. The van der Waals surface area contributed by atoms with Gasteiger partial charge >= 0.3 is 0 Å². The standard InChI is InChI=1S/C14H16N2O/c1-2-12-13(16-17-14(12)15)11-7-6-9-4-3-5-10(9)8-11/h6-8H,2-5,15H2,1H3. The van der Waals surface area contributed by atoms with Crippen LogP contribution in [0, 0.1) is 0 Å². The maximum absolute atomic E-state index is 5.77. The van der Waals surface area contributed by atoms with Crippen molar-refractivity contribution >= 4 is 5.88 Å². The van der Waals surface area contributed by atoms with Gasteiger partial charge < -0.3 is 10.3 Å². The number of fused-ring (bicyclic) bond motifs is 1. The van der Waals surface area contributed by atoms with Gasteiger partial charge in [0.25, 0.3) is 0 Å². The maximum atomic E-state index is 5.77. The van der Waals surface area contributed by atoms with Crippen LogP contribution in [0.15, 0.2) is 22.7 Å². The summed E-state index contributed by atoms with van der Waals surface area (Å²) in [7, 11) is 0. The van der Waals surface area contributed by atoms with Crippen LogP contribution in [-0.2, 0) is 19.3 Å². The van der Waals surface area contributed by atoms with Crippen molar-refractivity contribution in [3.05, 3.63) is 34.9 Å². The molecule has 1 aliphatic rings. The van der Waals surface area contributed by atoms with Gasteiger partial charge in [-0.05, 0) is 42.9 Å². The molecule has 3 heteroatoms. The lowest BCUT2D eigenvalue weighted by Gasteiger charge is -2.03. The first kappa shape index (κ1) is 10.4. The lowest BCUT2D eigenvalue weighted by molar-refractivity contribution is 0.438. The second-order valence-electron chi connectivity index (χ2n) is 4.56. The van der Waals surface area contributed by atoms with E-state index < -0.39 is 0 Å². The summed E-state index contributed by atoms with van der Waals surface area (Å²) in [6.45, 7) is 2.07. The molecule has 0 bridgehead atoms. The van der Waals surface area contributed by atoms with Crippen LogP contribution >= 0.6 is 0 Å². The summed E-state index contributed by atoms with van der Waals surface area (Å²) in [5.41, 5.74) is 11.7. The van der Waals surface area contributed by atoms with Crippen LogP contribution < -0.4 is 5.73 Å². The fourth-order valence-corrected chi connectivity index (χ4v) is 2.61. The molecule has 3 rings (SSSR count). The van der Waals surface area contributed by atoms with Crippen molar-refractivity contribution < 1.29 is 4.52 Å². The van der Waals surface area contributed by atoms with Crippen molar-refractivity contribution in [2.45, 2.75) is 32.6 Å². The Bertz CT molecular complexity index is 557. The Labute approximate surface area is 101 Å². The third-order valence-electron chi connectivity index (χ3n) is 3.54. The minimum atomic E-state index is 0.447. The summed E-state index contributed by atoms with van der Waals surface area (Å²) in [6.07, 6.45) is 4.50. The van der Waals surface area contributed by atoms with Gasteiger partial charge in [0.05, 0.1) is 0 Å². The number of nitrogen functional groups attached to an aromatic ring is 1. The van der Waals surface area contributed by atoms with Gasteiger partial charge in [0, 0.05) is 11.1 Å². The first-order valence-electron chi connectivity index (χ1n) is 6.15. The van der Waals surface area contributed by atoms with Crippen molar-refractivity contribution in [2.75, 3.05) is 5.73 Å². The van der Waals surface area contributed by atoms with Gasteiger partial charge in [-0.3, -0.25) is 0 Å². The summed E-state index contributed by atoms with van der Waals surface area (Å²) in [4.78, 5) is 0. The molecule has 0 aliphatic heterocycles. The number of aromatic nitrogens is 1. The predicted octanol–water partition coefficient (Wildman–Crippen LogP) is 2.97. The Kier molecular flexibility index (Phi) is 2.39. The highest BCUT2D eigenvalue weighted by Crippen LogP contribution is 2.31. The van der Waals surface area contributed by atoms with E-state index >= 15 is 0 Å². The highest BCUT2D eigenvalue weighted by molar-refractivity contribution is 5.68. The number of rotatable bonds is 2. The average molecular weight is 228 g/mol. The molecule has 0 radical (unpaired) electrons. The molecule has 0 saturated carbocycles. The Morgan fingerprint density at radius 3 is 2.94 bits per heavy atom. The lowest BCUT2D eigenvalue weighted by Crippen LogP contribution is -1.91. The van der Waals surface area contributed by atoms with E-state index in [1.165, 1.54) is 30.4 Å². The topological polar surface area (TPSA) is 52.0 Å². The molecule has 1 heterocycles. The smallest absolute Gasteiger partial charge is 0.225 e. The Morgan fingerprint density at radius 2 is 2.12 bits per heavy atom. The van der Waals surface area contributed by atoms with Gasteiger partial charge in [-0.25, -0.2) is 0 Å². The van der Waals surface area contributed by atoms with Crippen LogP contribution in [0.3, 0.4) is 0 Å². The molecule has 0 unspecified atom stereocenters. The highest BCUT2D eigenvalue weighted by Gasteiger charge is 2.16. The van der Waals surface area contributed by atoms with Gasteiger partial charge in [-0.2, -0.15) is 0 Å². The summed E-state index contributed by atoms with van der Waals surface area (Å²) >= 11 is 0. The van der Waals surface area contributed by atoms with Crippen molar-refractivity contribution in [2.24, 2.45) is 0 Å². The van der Waals surface area contributed by atoms with Crippen LogP contribution in [0.25, 0.3) is 11.3 Å². The first-order valence-corrected chi connectivity index (χ1v) is 6.15. The van der Waals surface area contributed by atoms with Crippen LogP contribution in [-0.4, -0.2) is 5.16 Å². The number of nitrogens with zero attached hydrogens (tertiary/aromatic N) is 1. The number of nitrogens with two attached hydrogens (primary N) is 1. The monoisotopic (exact) mass is 228 g/mol. The second kappa shape index (κ2) is 3.91. The van der Waals surface area contributed by atoms with Crippen molar-refractivity contribution in [3.63, 3.8) is 0 Å². The molecule has 1 aliphatic carbocycles. The third-order valence-corrected chi connectivity index (χ3v) is 3.54. The summed E-state index contributed by atoms with van der Waals surface area (Å²) in [6, 6.07) is 6.57. The van der Waals surface area contributed by atoms with Crippen LogP contribution in [0.2, 0.25) is 0 Å². The minimum absolute atomic E-state index is 0.447. The fourth-order valence-electron chi connectivity index (χ4n) is 2.61. The molecular formula is C14H16N2O. The lowest BCUT2D eigenvalue weighted by atomic mass is 10.0. The van der Waals surface area contributed by atoms with Crippen molar-refractivity contribution in [1.82, 2.24) is 5.16 Å². The van der Waals surface area contributed by atoms with E-state index in [1.807, 2.05) is 0 Å². The molecule has 0 atom stereocenters. The van der Waals surface area contributed by atoms with Gasteiger partial charge in [-0.1, -0.05) is 24.2 Å². The molecule has 0 fully saturated rings. The average Bonchev–Trinajstić information content (AvgIpc) is 2.93. The largest absolute Gasteiger partial charge is 0.367 e.